The van der Waals surface area contributed by atoms with E-state index in [1.807, 2.05) is 30.3 Å². The molecule has 4 heteroatoms. The number of rotatable bonds is 10. The Kier molecular flexibility index (Phi) is 7.32. The molecule has 0 amide bonds. The zero-order valence-corrected chi connectivity index (χ0v) is 18.1. The van der Waals surface area contributed by atoms with Crippen LogP contribution < -0.4 is 10.9 Å². The van der Waals surface area contributed by atoms with Gasteiger partial charge in [-0.1, -0.05) is 78.7 Å². The zero-order valence-electron chi connectivity index (χ0n) is 18.1. The Morgan fingerprint density at radius 3 is 2.39 bits per heavy atom. The summed E-state index contributed by atoms with van der Waals surface area (Å²) in [6, 6.07) is 20.6. The number of nitrogens with one attached hydrogen (secondary N) is 1. The Hall–Kier alpha value is -3.14. The van der Waals surface area contributed by atoms with E-state index in [-0.39, 0.29) is 5.56 Å². The monoisotopic (exact) mass is 413 g/mol. The number of benzene rings is 2. The average molecular weight is 414 g/mol. The van der Waals surface area contributed by atoms with Crippen LogP contribution >= 0.6 is 0 Å². The van der Waals surface area contributed by atoms with Crippen molar-refractivity contribution < 1.29 is 0 Å². The Morgan fingerprint density at radius 2 is 1.68 bits per heavy atom. The number of hydrogen-bond acceptors (Lipinski definition) is 3. The van der Waals surface area contributed by atoms with Gasteiger partial charge in [-0.05, 0) is 44.1 Å². The molecule has 1 fully saturated rings. The summed E-state index contributed by atoms with van der Waals surface area (Å²) in [5, 5.41) is 3.33. The zero-order chi connectivity index (χ0) is 21.3. The van der Waals surface area contributed by atoms with Gasteiger partial charge in [-0.25, -0.2) is 4.98 Å². The van der Waals surface area contributed by atoms with Crippen molar-refractivity contribution in [1.82, 2.24) is 9.55 Å². The van der Waals surface area contributed by atoms with Gasteiger partial charge >= 0.3 is 0 Å². The highest BCUT2D eigenvalue weighted by Gasteiger charge is 2.13. The van der Waals surface area contributed by atoms with Gasteiger partial charge < -0.3 is 5.32 Å². The first kappa shape index (κ1) is 21.1. The van der Waals surface area contributed by atoms with Gasteiger partial charge in [-0.2, -0.15) is 0 Å². The molecule has 160 valence electrons. The summed E-state index contributed by atoms with van der Waals surface area (Å²) < 4.78 is 1.80. The van der Waals surface area contributed by atoms with Gasteiger partial charge in [0.15, 0.2) is 0 Å². The molecule has 3 aromatic rings. The number of nitrogens with zero attached hydrogens (tertiary/aromatic N) is 2. The number of hydrogen-bond donors (Lipinski definition) is 1. The molecule has 1 aromatic heterocycles. The van der Waals surface area contributed by atoms with E-state index >= 15 is 0 Å². The topological polar surface area (TPSA) is 46.9 Å². The molecule has 1 aliphatic rings. The maximum absolute atomic E-state index is 13.2. The first-order valence-electron chi connectivity index (χ1n) is 11.4. The molecule has 31 heavy (non-hydrogen) atoms. The summed E-state index contributed by atoms with van der Waals surface area (Å²) in [7, 11) is 0. The maximum atomic E-state index is 13.2. The molecule has 0 aliphatic heterocycles. The molecule has 0 unspecified atom stereocenters. The minimum absolute atomic E-state index is 0.00862. The second-order valence-electron chi connectivity index (χ2n) is 8.22. The molecular formula is C27H31N3O. The third kappa shape index (κ3) is 5.72. The van der Waals surface area contributed by atoms with E-state index < -0.39 is 0 Å². The molecule has 4 rings (SSSR count). The highest BCUT2D eigenvalue weighted by atomic mass is 16.1. The van der Waals surface area contributed by atoms with Crippen molar-refractivity contribution in [3.8, 4) is 11.4 Å². The quantitative estimate of drug-likeness (QED) is 0.335. The van der Waals surface area contributed by atoms with Gasteiger partial charge in [-0.3, -0.25) is 9.36 Å². The molecule has 0 spiro atoms. The van der Waals surface area contributed by atoms with Gasteiger partial charge in [0.2, 0.25) is 0 Å². The lowest BCUT2D eigenvalue weighted by Gasteiger charge is -2.18. The highest BCUT2D eigenvalue weighted by Crippen LogP contribution is 2.25. The Morgan fingerprint density at radius 1 is 0.935 bits per heavy atom. The molecule has 0 bridgehead atoms. The van der Waals surface area contributed by atoms with Crippen molar-refractivity contribution in [3.63, 3.8) is 0 Å². The summed E-state index contributed by atoms with van der Waals surface area (Å²) in [4.78, 5) is 17.9. The fourth-order valence-electron chi connectivity index (χ4n) is 3.90. The van der Waals surface area contributed by atoms with Gasteiger partial charge in [0.25, 0.3) is 5.56 Å². The number of anilines is 1. The van der Waals surface area contributed by atoms with Crippen LogP contribution in [0.15, 0.2) is 83.3 Å². The molecule has 2 aromatic carbocycles. The highest BCUT2D eigenvalue weighted by molar-refractivity contribution is 5.57. The van der Waals surface area contributed by atoms with Gasteiger partial charge in [0.1, 0.15) is 11.5 Å². The SMILES string of the molecule is O=c1c(NCCCCCc2ccccc2)cnc(-c2ccccc2)n1CC=C1CCC1. The van der Waals surface area contributed by atoms with E-state index in [4.69, 9.17) is 0 Å². The van der Waals surface area contributed by atoms with Gasteiger partial charge in [-0.15, -0.1) is 0 Å². The van der Waals surface area contributed by atoms with Crippen molar-refractivity contribution in [2.75, 3.05) is 11.9 Å². The van der Waals surface area contributed by atoms with E-state index in [9.17, 15) is 4.79 Å². The number of unbranched alkanes of at least 4 members (excludes halogenated alkanes) is 2. The van der Waals surface area contributed by atoms with Crippen molar-refractivity contribution in [2.24, 2.45) is 0 Å². The predicted molar refractivity (Wildman–Crippen MR) is 128 cm³/mol. The Bertz CT molecular complexity index is 1050. The summed E-state index contributed by atoms with van der Waals surface area (Å²) >= 11 is 0. The van der Waals surface area contributed by atoms with Crippen LogP contribution in [0.4, 0.5) is 5.69 Å². The fraction of sp³-hybridized carbons (Fsp3) is 0.333. The van der Waals surface area contributed by atoms with Crippen molar-refractivity contribution in [2.45, 2.75) is 51.5 Å². The second-order valence-corrected chi connectivity index (χ2v) is 8.22. The first-order valence-corrected chi connectivity index (χ1v) is 11.4. The van der Waals surface area contributed by atoms with E-state index in [0.29, 0.717) is 12.2 Å². The van der Waals surface area contributed by atoms with E-state index in [1.54, 1.807) is 10.8 Å². The molecule has 0 radical (unpaired) electrons. The van der Waals surface area contributed by atoms with Gasteiger partial charge in [0.05, 0.1) is 6.20 Å². The van der Waals surface area contributed by atoms with Crippen LogP contribution in [0.25, 0.3) is 11.4 Å². The summed E-state index contributed by atoms with van der Waals surface area (Å²) in [5.41, 5.74) is 4.41. The third-order valence-corrected chi connectivity index (χ3v) is 5.94. The smallest absolute Gasteiger partial charge is 0.277 e. The number of allylic oxidation sites excluding steroid dienone is 2. The Labute approximate surface area is 184 Å². The van der Waals surface area contributed by atoms with Crippen LogP contribution in [0.3, 0.4) is 0 Å². The maximum Gasteiger partial charge on any atom is 0.277 e. The molecule has 0 atom stereocenters. The molecule has 0 saturated heterocycles. The third-order valence-electron chi connectivity index (χ3n) is 5.94. The molecule has 4 nitrogen and oxygen atoms in total. The normalized spacial score (nSPS) is 13.0. The summed E-state index contributed by atoms with van der Waals surface area (Å²) in [6.07, 6.45) is 11.9. The average Bonchev–Trinajstić information content (AvgIpc) is 2.78. The number of aryl methyl sites for hydroxylation is 1. The van der Waals surface area contributed by atoms with Gasteiger partial charge in [0, 0.05) is 18.7 Å². The van der Waals surface area contributed by atoms with Crippen molar-refractivity contribution in [3.05, 3.63) is 94.4 Å². The van der Waals surface area contributed by atoms with Crippen LogP contribution in [0.1, 0.15) is 44.1 Å². The minimum Gasteiger partial charge on any atom is -0.379 e. The van der Waals surface area contributed by atoms with Crippen LogP contribution in [0.2, 0.25) is 0 Å². The molecule has 1 N–H and O–H groups in total. The minimum atomic E-state index is 0.00862. The summed E-state index contributed by atoms with van der Waals surface area (Å²) in [5.74, 6) is 0.732. The standard InChI is InChI=1S/C27H31N3O/c31-27-25(28-19-9-3-6-13-22-11-4-1-5-12-22)21-29-26(24-16-7-2-8-17-24)30(27)20-18-23-14-10-15-23/h1-2,4-5,7-8,11-12,16-18,21,28H,3,6,9-10,13-15,19-20H2. The largest absolute Gasteiger partial charge is 0.379 e. The molecule has 1 aliphatic carbocycles. The molecule has 1 saturated carbocycles. The van der Waals surface area contributed by atoms with Crippen LogP contribution in [-0.4, -0.2) is 16.1 Å². The lowest BCUT2D eigenvalue weighted by Crippen LogP contribution is -2.26. The summed E-state index contributed by atoms with van der Waals surface area (Å²) in [6.45, 7) is 1.37. The lowest BCUT2D eigenvalue weighted by atomic mass is 9.92. The first-order chi connectivity index (χ1) is 15.3. The number of aromatic nitrogens is 2. The van der Waals surface area contributed by atoms with E-state index in [0.717, 1.165) is 56.5 Å². The van der Waals surface area contributed by atoms with Crippen molar-refractivity contribution >= 4 is 5.69 Å². The van der Waals surface area contributed by atoms with Crippen LogP contribution in [0.5, 0.6) is 0 Å². The Balaban J connectivity index is 1.38. The lowest BCUT2D eigenvalue weighted by molar-refractivity contribution is 0.645. The molecular weight excluding hydrogens is 382 g/mol. The van der Waals surface area contributed by atoms with Crippen molar-refractivity contribution in [1.29, 1.82) is 0 Å². The van der Waals surface area contributed by atoms with E-state index in [2.05, 4.69) is 46.7 Å². The van der Waals surface area contributed by atoms with Crippen LogP contribution in [0, 0.1) is 0 Å². The second kappa shape index (κ2) is 10.8. The predicted octanol–water partition coefficient (Wildman–Crippen LogP) is 5.85. The molecule has 1 heterocycles. The fourth-order valence-corrected chi connectivity index (χ4v) is 3.90. The van der Waals surface area contributed by atoms with E-state index in [1.165, 1.54) is 17.6 Å². The van der Waals surface area contributed by atoms with Crippen LogP contribution in [-0.2, 0) is 13.0 Å².